The lowest BCUT2D eigenvalue weighted by molar-refractivity contribution is 0.465. The first-order valence-electron chi connectivity index (χ1n) is 6.81. The Bertz CT molecular complexity index is 754. The minimum atomic E-state index is 0.193. The first kappa shape index (κ1) is 13.4. The van der Waals surface area contributed by atoms with Crippen LogP contribution < -0.4 is 10.5 Å². The third-order valence-electron chi connectivity index (χ3n) is 3.28. The van der Waals surface area contributed by atoms with Gasteiger partial charge in [-0.1, -0.05) is 18.2 Å². The van der Waals surface area contributed by atoms with Crippen molar-refractivity contribution in [2.45, 2.75) is 6.42 Å². The fraction of sp³-hybridized carbons (Fsp3) is 0.118. The summed E-state index contributed by atoms with van der Waals surface area (Å²) in [6.45, 7) is 0.629. The van der Waals surface area contributed by atoms with E-state index in [2.05, 4.69) is 4.98 Å². The van der Waals surface area contributed by atoms with Crippen LogP contribution in [-0.4, -0.2) is 16.6 Å². The van der Waals surface area contributed by atoms with Gasteiger partial charge in [-0.3, -0.25) is 0 Å². The molecule has 0 aliphatic carbocycles. The summed E-state index contributed by atoms with van der Waals surface area (Å²) in [6.07, 6.45) is 2.54. The van der Waals surface area contributed by atoms with Gasteiger partial charge in [-0.2, -0.15) is 0 Å². The second-order valence-corrected chi connectivity index (χ2v) is 4.81. The van der Waals surface area contributed by atoms with Crippen LogP contribution in [0, 0.1) is 0 Å². The molecule has 21 heavy (non-hydrogen) atoms. The van der Waals surface area contributed by atoms with Crippen molar-refractivity contribution in [2.24, 2.45) is 5.73 Å². The SMILES string of the molecule is NCCc1ccc(Oc2nccc3ccc(O)cc23)cc1. The summed E-state index contributed by atoms with van der Waals surface area (Å²) in [5.74, 6) is 1.38. The predicted molar refractivity (Wildman–Crippen MR) is 82.7 cm³/mol. The Morgan fingerprint density at radius 3 is 2.62 bits per heavy atom. The summed E-state index contributed by atoms with van der Waals surface area (Å²) in [5.41, 5.74) is 6.71. The molecule has 0 aliphatic rings. The van der Waals surface area contributed by atoms with E-state index in [-0.39, 0.29) is 5.75 Å². The maximum atomic E-state index is 9.62. The van der Waals surface area contributed by atoms with Gasteiger partial charge in [0.2, 0.25) is 5.88 Å². The number of nitrogens with zero attached hydrogens (tertiary/aromatic N) is 1. The number of ether oxygens (including phenoxy) is 1. The molecule has 0 bridgehead atoms. The molecule has 0 saturated heterocycles. The molecule has 0 unspecified atom stereocenters. The number of aromatic nitrogens is 1. The monoisotopic (exact) mass is 280 g/mol. The molecule has 1 heterocycles. The second kappa shape index (κ2) is 5.81. The smallest absolute Gasteiger partial charge is 0.227 e. The maximum Gasteiger partial charge on any atom is 0.227 e. The molecule has 3 rings (SSSR count). The summed E-state index contributed by atoms with van der Waals surface area (Å²) >= 11 is 0. The highest BCUT2D eigenvalue weighted by Gasteiger charge is 2.06. The summed E-state index contributed by atoms with van der Waals surface area (Å²) < 4.78 is 5.83. The van der Waals surface area contributed by atoms with Gasteiger partial charge in [0.05, 0.1) is 0 Å². The third-order valence-corrected chi connectivity index (χ3v) is 3.28. The lowest BCUT2D eigenvalue weighted by atomic mass is 10.1. The van der Waals surface area contributed by atoms with E-state index < -0.39 is 0 Å². The predicted octanol–water partition coefficient (Wildman–Crippen LogP) is 3.23. The first-order chi connectivity index (χ1) is 10.3. The minimum Gasteiger partial charge on any atom is -0.508 e. The second-order valence-electron chi connectivity index (χ2n) is 4.81. The van der Waals surface area contributed by atoms with E-state index in [0.29, 0.717) is 18.2 Å². The molecule has 3 N–H and O–H groups in total. The summed E-state index contributed by atoms with van der Waals surface area (Å²) in [5, 5.41) is 11.4. The van der Waals surface area contributed by atoms with Gasteiger partial charge >= 0.3 is 0 Å². The van der Waals surface area contributed by atoms with Crippen LogP contribution in [0.25, 0.3) is 10.8 Å². The van der Waals surface area contributed by atoms with Crippen LogP contribution in [0.15, 0.2) is 54.7 Å². The average Bonchev–Trinajstić information content (AvgIpc) is 2.50. The zero-order chi connectivity index (χ0) is 14.7. The highest BCUT2D eigenvalue weighted by molar-refractivity contribution is 5.88. The number of rotatable bonds is 4. The number of aromatic hydroxyl groups is 1. The third kappa shape index (κ3) is 2.95. The van der Waals surface area contributed by atoms with Gasteiger partial charge in [-0.05, 0) is 54.2 Å². The minimum absolute atomic E-state index is 0.193. The maximum absolute atomic E-state index is 9.62. The van der Waals surface area contributed by atoms with Crippen molar-refractivity contribution in [2.75, 3.05) is 6.54 Å². The van der Waals surface area contributed by atoms with Crippen LogP contribution in [0.1, 0.15) is 5.56 Å². The first-order valence-corrected chi connectivity index (χ1v) is 6.81. The quantitative estimate of drug-likeness (QED) is 0.770. The highest BCUT2D eigenvalue weighted by atomic mass is 16.5. The van der Waals surface area contributed by atoms with Crippen molar-refractivity contribution in [3.05, 3.63) is 60.3 Å². The molecular formula is C17H16N2O2. The molecule has 0 saturated carbocycles. The number of pyridine rings is 1. The van der Waals surface area contributed by atoms with E-state index in [1.54, 1.807) is 18.3 Å². The van der Waals surface area contributed by atoms with Gasteiger partial charge in [0.1, 0.15) is 11.5 Å². The number of hydrogen-bond donors (Lipinski definition) is 2. The Balaban J connectivity index is 1.92. The van der Waals surface area contributed by atoms with Crippen LogP contribution >= 0.6 is 0 Å². The molecule has 0 spiro atoms. The molecule has 1 aromatic heterocycles. The Morgan fingerprint density at radius 1 is 1.05 bits per heavy atom. The van der Waals surface area contributed by atoms with Crippen LogP contribution in [0.5, 0.6) is 17.4 Å². The summed E-state index contributed by atoms with van der Waals surface area (Å²) in [7, 11) is 0. The normalized spacial score (nSPS) is 10.7. The van der Waals surface area contributed by atoms with Crippen LogP contribution in [-0.2, 0) is 6.42 Å². The lowest BCUT2D eigenvalue weighted by Gasteiger charge is -2.08. The largest absolute Gasteiger partial charge is 0.508 e. The van der Waals surface area contributed by atoms with Gasteiger partial charge in [0, 0.05) is 11.6 Å². The molecule has 106 valence electrons. The topological polar surface area (TPSA) is 68.4 Å². The molecule has 3 aromatic rings. The van der Waals surface area contributed by atoms with Crippen molar-refractivity contribution >= 4 is 10.8 Å². The summed E-state index contributed by atoms with van der Waals surface area (Å²) in [6, 6.07) is 14.8. The Morgan fingerprint density at radius 2 is 1.86 bits per heavy atom. The van der Waals surface area contributed by atoms with Crippen molar-refractivity contribution in [3.8, 4) is 17.4 Å². The molecule has 0 amide bonds. The lowest BCUT2D eigenvalue weighted by Crippen LogP contribution is -2.02. The highest BCUT2D eigenvalue weighted by Crippen LogP contribution is 2.30. The zero-order valence-corrected chi connectivity index (χ0v) is 11.5. The fourth-order valence-corrected chi connectivity index (χ4v) is 2.21. The van der Waals surface area contributed by atoms with Crippen LogP contribution in [0.4, 0.5) is 0 Å². The number of phenolic OH excluding ortho intramolecular Hbond substituents is 1. The Hall–Kier alpha value is -2.59. The van der Waals surface area contributed by atoms with Gasteiger partial charge < -0.3 is 15.6 Å². The molecule has 4 nitrogen and oxygen atoms in total. The zero-order valence-electron chi connectivity index (χ0n) is 11.5. The van der Waals surface area contributed by atoms with E-state index in [9.17, 15) is 5.11 Å². The number of phenols is 1. The summed E-state index contributed by atoms with van der Waals surface area (Å²) in [4.78, 5) is 4.25. The van der Waals surface area contributed by atoms with Crippen molar-refractivity contribution in [3.63, 3.8) is 0 Å². The molecule has 0 fully saturated rings. The van der Waals surface area contributed by atoms with Crippen molar-refractivity contribution in [1.82, 2.24) is 4.98 Å². The average molecular weight is 280 g/mol. The van der Waals surface area contributed by atoms with E-state index in [4.69, 9.17) is 10.5 Å². The van der Waals surface area contributed by atoms with Gasteiger partial charge in [0.25, 0.3) is 0 Å². The van der Waals surface area contributed by atoms with E-state index in [1.165, 1.54) is 5.56 Å². The molecule has 2 aromatic carbocycles. The van der Waals surface area contributed by atoms with Gasteiger partial charge in [-0.15, -0.1) is 0 Å². The van der Waals surface area contributed by atoms with Gasteiger partial charge in [0.15, 0.2) is 0 Å². The molecule has 4 heteroatoms. The number of nitrogens with two attached hydrogens (primary N) is 1. The van der Waals surface area contributed by atoms with E-state index in [1.807, 2.05) is 36.4 Å². The van der Waals surface area contributed by atoms with Crippen LogP contribution in [0.3, 0.4) is 0 Å². The molecule has 0 atom stereocenters. The van der Waals surface area contributed by atoms with E-state index in [0.717, 1.165) is 17.2 Å². The number of hydrogen-bond acceptors (Lipinski definition) is 4. The molecule has 0 aliphatic heterocycles. The molecule has 0 radical (unpaired) electrons. The van der Waals surface area contributed by atoms with Gasteiger partial charge in [-0.25, -0.2) is 4.98 Å². The van der Waals surface area contributed by atoms with Crippen molar-refractivity contribution in [1.29, 1.82) is 0 Å². The molecular weight excluding hydrogens is 264 g/mol. The van der Waals surface area contributed by atoms with E-state index >= 15 is 0 Å². The van der Waals surface area contributed by atoms with Crippen LogP contribution in [0.2, 0.25) is 0 Å². The van der Waals surface area contributed by atoms with Crippen molar-refractivity contribution < 1.29 is 9.84 Å². The Kier molecular flexibility index (Phi) is 3.71. The fourth-order valence-electron chi connectivity index (χ4n) is 2.21. The Labute approximate surface area is 122 Å². The number of fused-ring (bicyclic) bond motifs is 1. The standard InChI is InChI=1S/C17H16N2O2/c18-9-7-12-1-5-15(6-2-12)21-17-16-11-14(20)4-3-13(16)8-10-19-17/h1-6,8,10-11,20H,7,9,18H2. The number of benzene rings is 2.